The molecule has 0 amide bonds. The molecule has 1 aromatic rings. The number of unbranched alkanes of at least 4 members (excludes halogenated alkanes) is 2. The standard InChI is InChI=1S/C12H21N3/c1-3-4-5-9-15(2)12-7-6-8-14-11(12)10-13/h6-8H,3-5,9-10,13H2,1-2H3. The van der Waals surface area contributed by atoms with Crippen molar-refractivity contribution in [3.05, 3.63) is 24.0 Å². The maximum Gasteiger partial charge on any atom is 0.0772 e. The molecule has 0 radical (unpaired) electrons. The van der Waals surface area contributed by atoms with E-state index in [0.717, 1.165) is 17.9 Å². The Kier molecular flexibility index (Phi) is 5.12. The lowest BCUT2D eigenvalue weighted by atomic mass is 10.2. The zero-order valence-electron chi connectivity index (χ0n) is 9.74. The largest absolute Gasteiger partial charge is 0.373 e. The van der Waals surface area contributed by atoms with Crippen LogP contribution in [0.3, 0.4) is 0 Å². The van der Waals surface area contributed by atoms with Crippen LogP contribution in [0.2, 0.25) is 0 Å². The second kappa shape index (κ2) is 6.40. The van der Waals surface area contributed by atoms with E-state index < -0.39 is 0 Å². The van der Waals surface area contributed by atoms with E-state index in [2.05, 4.69) is 29.9 Å². The lowest BCUT2D eigenvalue weighted by Crippen LogP contribution is -2.21. The Hall–Kier alpha value is -1.09. The Labute approximate surface area is 92.3 Å². The molecule has 3 heteroatoms. The molecule has 1 aromatic heterocycles. The van der Waals surface area contributed by atoms with Crippen LogP contribution < -0.4 is 10.6 Å². The molecule has 0 spiro atoms. The van der Waals surface area contributed by atoms with Crippen molar-refractivity contribution in [1.29, 1.82) is 0 Å². The Morgan fingerprint density at radius 2 is 2.20 bits per heavy atom. The maximum atomic E-state index is 5.65. The molecule has 15 heavy (non-hydrogen) atoms. The first-order valence-electron chi connectivity index (χ1n) is 5.64. The number of pyridine rings is 1. The molecule has 1 heterocycles. The van der Waals surface area contributed by atoms with E-state index in [1.54, 1.807) is 6.20 Å². The van der Waals surface area contributed by atoms with Gasteiger partial charge in [0.2, 0.25) is 0 Å². The summed E-state index contributed by atoms with van der Waals surface area (Å²) in [5.41, 5.74) is 7.80. The zero-order chi connectivity index (χ0) is 11.1. The van der Waals surface area contributed by atoms with Gasteiger partial charge in [-0.15, -0.1) is 0 Å². The van der Waals surface area contributed by atoms with Crippen molar-refractivity contribution in [3.63, 3.8) is 0 Å². The second-order valence-electron chi connectivity index (χ2n) is 3.80. The summed E-state index contributed by atoms with van der Waals surface area (Å²) in [4.78, 5) is 6.52. The molecule has 3 nitrogen and oxygen atoms in total. The molecule has 0 bridgehead atoms. The fourth-order valence-electron chi connectivity index (χ4n) is 1.65. The Bertz CT molecular complexity index is 286. The summed E-state index contributed by atoms with van der Waals surface area (Å²) >= 11 is 0. The summed E-state index contributed by atoms with van der Waals surface area (Å²) in [6, 6.07) is 4.05. The third-order valence-electron chi connectivity index (χ3n) is 2.57. The van der Waals surface area contributed by atoms with Crippen molar-refractivity contribution < 1.29 is 0 Å². The monoisotopic (exact) mass is 207 g/mol. The molecule has 0 atom stereocenters. The van der Waals surface area contributed by atoms with Gasteiger partial charge in [-0.3, -0.25) is 4.98 Å². The third kappa shape index (κ3) is 3.51. The van der Waals surface area contributed by atoms with Crippen LogP contribution in [0, 0.1) is 0 Å². The highest BCUT2D eigenvalue weighted by Gasteiger charge is 2.05. The maximum absolute atomic E-state index is 5.65. The molecule has 0 unspecified atom stereocenters. The summed E-state index contributed by atoms with van der Waals surface area (Å²) in [7, 11) is 2.10. The topological polar surface area (TPSA) is 42.2 Å². The van der Waals surface area contributed by atoms with Crippen LogP contribution >= 0.6 is 0 Å². The molecule has 0 saturated heterocycles. The van der Waals surface area contributed by atoms with Crippen LogP contribution in [-0.2, 0) is 6.54 Å². The minimum absolute atomic E-state index is 0.508. The first-order valence-corrected chi connectivity index (χ1v) is 5.64. The van der Waals surface area contributed by atoms with Crippen LogP contribution in [0.15, 0.2) is 18.3 Å². The lowest BCUT2D eigenvalue weighted by molar-refractivity contribution is 0.702. The van der Waals surface area contributed by atoms with Crippen molar-refractivity contribution in [2.75, 3.05) is 18.5 Å². The molecule has 0 aromatic carbocycles. The smallest absolute Gasteiger partial charge is 0.0772 e. The van der Waals surface area contributed by atoms with E-state index in [-0.39, 0.29) is 0 Å². The Balaban J connectivity index is 2.59. The van der Waals surface area contributed by atoms with Crippen LogP contribution in [-0.4, -0.2) is 18.6 Å². The van der Waals surface area contributed by atoms with E-state index in [1.165, 1.54) is 19.3 Å². The first-order chi connectivity index (χ1) is 7.29. The van der Waals surface area contributed by atoms with E-state index in [9.17, 15) is 0 Å². The highest BCUT2D eigenvalue weighted by molar-refractivity contribution is 5.49. The number of hydrogen-bond acceptors (Lipinski definition) is 3. The number of rotatable bonds is 6. The molecular formula is C12H21N3. The van der Waals surface area contributed by atoms with Crippen LogP contribution in [0.4, 0.5) is 5.69 Å². The number of aromatic nitrogens is 1. The highest BCUT2D eigenvalue weighted by atomic mass is 15.1. The summed E-state index contributed by atoms with van der Waals surface area (Å²) < 4.78 is 0. The molecule has 0 aliphatic carbocycles. The van der Waals surface area contributed by atoms with Crippen molar-refractivity contribution in [1.82, 2.24) is 4.98 Å². The van der Waals surface area contributed by atoms with E-state index in [4.69, 9.17) is 5.73 Å². The Morgan fingerprint density at radius 1 is 1.40 bits per heavy atom. The normalized spacial score (nSPS) is 10.3. The van der Waals surface area contributed by atoms with Crippen molar-refractivity contribution in [2.45, 2.75) is 32.7 Å². The quantitative estimate of drug-likeness (QED) is 0.727. The molecule has 84 valence electrons. The molecule has 0 fully saturated rings. The van der Waals surface area contributed by atoms with Gasteiger partial charge >= 0.3 is 0 Å². The van der Waals surface area contributed by atoms with Crippen molar-refractivity contribution in [2.24, 2.45) is 5.73 Å². The minimum atomic E-state index is 0.508. The average molecular weight is 207 g/mol. The first kappa shape index (κ1) is 12.0. The van der Waals surface area contributed by atoms with Crippen LogP contribution in [0.25, 0.3) is 0 Å². The van der Waals surface area contributed by atoms with Crippen LogP contribution in [0.5, 0.6) is 0 Å². The van der Waals surface area contributed by atoms with Crippen molar-refractivity contribution in [3.8, 4) is 0 Å². The predicted molar refractivity (Wildman–Crippen MR) is 64.9 cm³/mol. The molecule has 0 saturated carbocycles. The van der Waals surface area contributed by atoms with Gasteiger partial charge in [0.15, 0.2) is 0 Å². The van der Waals surface area contributed by atoms with Crippen molar-refractivity contribution >= 4 is 5.69 Å². The molecule has 0 aliphatic heterocycles. The number of anilines is 1. The lowest BCUT2D eigenvalue weighted by Gasteiger charge is -2.21. The molecule has 2 N–H and O–H groups in total. The second-order valence-corrected chi connectivity index (χ2v) is 3.80. The predicted octanol–water partition coefficient (Wildman–Crippen LogP) is 2.17. The minimum Gasteiger partial charge on any atom is -0.373 e. The van der Waals surface area contributed by atoms with Gasteiger partial charge < -0.3 is 10.6 Å². The fourth-order valence-corrected chi connectivity index (χ4v) is 1.65. The number of nitrogens with two attached hydrogens (primary N) is 1. The number of nitrogens with zero attached hydrogens (tertiary/aromatic N) is 2. The SMILES string of the molecule is CCCCCN(C)c1cccnc1CN. The van der Waals surface area contributed by atoms with Gasteiger partial charge in [0, 0.05) is 26.3 Å². The zero-order valence-corrected chi connectivity index (χ0v) is 9.74. The van der Waals surface area contributed by atoms with Gasteiger partial charge in [0.05, 0.1) is 11.4 Å². The molecular weight excluding hydrogens is 186 g/mol. The summed E-state index contributed by atoms with van der Waals surface area (Å²) in [5, 5.41) is 0. The average Bonchev–Trinajstić information content (AvgIpc) is 2.29. The molecule has 1 rings (SSSR count). The summed E-state index contributed by atoms with van der Waals surface area (Å²) in [6.07, 6.45) is 5.56. The van der Waals surface area contributed by atoms with E-state index in [0.29, 0.717) is 6.54 Å². The van der Waals surface area contributed by atoms with E-state index in [1.807, 2.05) is 6.07 Å². The fraction of sp³-hybridized carbons (Fsp3) is 0.583. The van der Waals surface area contributed by atoms with Gasteiger partial charge in [0.1, 0.15) is 0 Å². The highest BCUT2D eigenvalue weighted by Crippen LogP contribution is 2.16. The van der Waals surface area contributed by atoms with Gasteiger partial charge in [-0.05, 0) is 18.6 Å². The van der Waals surface area contributed by atoms with Gasteiger partial charge in [-0.1, -0.05) is 19.8 Å². The summed E-state index contributed by atoms with van der Waals surface area (Å²) in [6.45, 7) is 3.80. The van der Waals surface area contributed by atoms with Gasteiger partial charge in [-0.2, -0.15) is 0 Å². The third-order valence-corrected chi connectivity index (χ3v) is 2.57. The van der Waals surface area contributed by atoms with Gasteiger partial charge in [-0.25, -0.2) is 0 Å². The van der Waals surface area contributed by atoms with E-state index >= 15 is 0 Å². The number of hydrogen-bond donors (Lipinski definition) is 1. The van der Waals surface area contributed by atoms with Crippen LogP contribution in [0.1, 0.15) is 31.9 Å². The summed E-state index contributed by atoms with van der Waals surface area (Å²) in [5.74, 6) is 0. The van der Waals surface area contributed by atoms with Gasteiger partial charge in [0.25, 0.3) is 0 Å². The Morgan fingerprint density at radius 3 is 2.87 bits per heavy atom. The molecule has 0 aliphatic rings.